The molecule has 0 atom stereocenters. The molecule has 1 amide bonds. The number of carbonyl (C=O) groups excluding carboxylic acids is 1. The number of likely N-dealkylation sites (tertiary alicyclic amines) is 1. The zero-order chi connectivity index (χ0) is 17.4. The standard InChI is InChI=1S/C20H33N3O/c1-3-20(4-2,16-21)19(24)22-14-17-10-6-7-11-18(17)15-23-12-8-5-9-13-23/h6-7,10-11H,3-5,8-9,12-16,21H2,1-2H3,(H,22,24). The lowest BCUT2D eigenvalue weighted by Crippen LogP contribution is -2.45. The number of amides is 1. The first-order valence-electron chi connectivity index (χ1n) is 9.42. The van der Waals surface area contributed by atoms with Crippen molar-refractivity contribution >= 4 is 5.91 Å². The van der Waals surface area contributed by atoms with Crippen molar-refractivity contribution in [3.05, 3.63) is 35.4 Å². The largest absolute Gasteiger partial charge is 0.351 e. The zero-order valence-corrected chi connectivity index (χ0v) is 15.3. The Balaban J connectivity index is 2.00. The highest BCUT2D eigenvalue weighted by Crippen LogP contribution is 2.25. The summed E-state index contributed by atoms with van der Waals surface area (Å²) in [5, 5.41) is 3.13. The molecule has 3 N–H and O–H groups in total. The smallest absolute Gasteiger partial charge is 0.227 e. The van der Waals surface area contributed by atoms with Gasteiger partial charge in [-0.05, 0) is 49.9 Å². The number of nitrogens with two attached hydrogens (primary N) is 1. The van der Waals surface area contributed by atoms with Crippen LogP contribution in [0.1, 0.15) is 57.1 Å². The molecule has 0 aromatic heterocycles. The lowest BCUT2D eigenvalue weighted by Gasteiger charge is -2.29. The molecular weight excluding hydrogens is 298 g/mol. The molecule has 1 fully saturated rings. The van der Waals surface area contributed by atoms with E-state index in [4.69, 9.17) is 5.73 Å². The molecule has 4 heteroatoms. The SMILES string of the molecule is CCC(CC)(CN)C(=O)NCc1ccccc1CN1CCCCC1. The summed E-state index contributed by atoms with van der Waals surface area (Å²) in [6, 6.07) is 8.46. The van der Waals surface area contributed by atoms with Crippen molar-refractivity contribution in [2.75, 3.05) is 19.6 Å². The van der Waals surface area contributed by atoms with Crippen LogP contribution in [0.5, 0.6) is 0 Å². The first-order chi connectivity index (χ1) is 11.6. The Bertz CT molecular complexity index is 511. The number of nitrogens with one attached hydrogen (secondary N) is 1. The van der Waals surface area contributed by atoms with Gasteiger partial charge < -0.3 is 11.1 Å². The van der Waals surface area contributed by atoms with Crippen LogP contribution in [0.2, 0.25) is 0 Å². The van der Waals surface area contributed by atoms with Gasteiger partial charge in [-0.3, -0.25) is 9.69 Å². The van der Waals surface area contributed by atoms with Gasteiger partial charge in [0.15, 0.2) is 0 Å². The highest BCUT2D eigenvalue weighted by Gasteiger charge is 2.33. The van der Waals surface area contributed by atoms with Crippen LogP contribution in [0.3, 0.4) is 0 Å². The monoisotopic (exact) mass is 331 g/mol. The molecule has 4 nitrogen and oxygen atoms in total. The second kappa shape index (κ2) is 9.19. The fourth-order valence-corrected chi connectivity index (χ4v) is 3.56. The molecule has 0 aliphatic carbocycles. The number of rotatable bonds is 8. The Morgan fingerprint density at radius 1 is 1.12 bits per heavy atom. The average molecular weight is 332 g/mol. The number of nitrogens with zero attached hydrogens (tertiary/aromatic N) is 1. The fourth-order valence-electron chi connectivity index (χ4n) is 3.56. The molecule has 0 bridgehead atoms. The number of piperidine rings is 1. The number of carbonyl (C=O) groups is 1. The molecule has 0 radical (unpaired) electrons. The number of hydrogen-bond donors (Lipinski definition) is 2. The van der Waals surface area contributed by atoms with Gasteiger partial charge in [0.25, 0.3) is 0 Å². The van der Waals surface area contributed by atoms with Crippen LogP contribution in [0.4, 0.5) is 0 Å². The predicted molar refractivity (Wildman–Crippen MR) is 99.5 cm³/mol. The highest BCUT2D eigenvalue weighted by molar-refractivity contribution is 5.82. The van der Waals surface area contributed by atoms with Crippen LogP contribution in [0, 0.1) is 5.41 Å². The number of hydrogen-bond acceptors (Lipinski definition) is 3. The maximum absolute atomic E-state index is 12.6. The second-order valence-corrected chi connectivity index (χ2v) is 6.98. The Morgan fingerprint density at radius 2 is 1.75 bits per heavy atom. The predicted octanol–water partition coefficient (Wildman–Crippen LogP) is 3.05. The van der Waals surface area contributed by atoms with Gasteiger partial charge in [-0.25, -0.2) is 0 Å². The van der Waals surface area contributed by atoms with E-state index >= 15 is 0 Å². The molecule has 1 aliphatic rings. The van der Waals surface area contributed by atoms with Crippen molar-refractivity contribution in [1.29, 1.82) is 0 Å². The summed E-state index contributed by atoms with van der Waals surface area (Å²) in [6.07, 6.45) is 5.50. The van der Waals surface area contributed by atoms with Gasteiger partial charge in [0, 0.05) is 19.6 Å². The lowest BCUT2D eigenvalue weighted by molar-refractivity contribution is -0.131. The summed E-state index contributed by atoms with van der Waals surface area (Å²) in [7, 11) is 0. The minimum absolute atomic E-state index is 0.0859. The summed E-state index contributed by atoms with van der Waals surface area (Å²) in [4.78, 5) is 15.2. The van der Waals surface area contributed by atoms with E-state index in [1.807, 2.05) is 13.8 Å². The Kier molecular flexibility index (Phi) is 7.25. The minimum Gasteiger partial charge on any atom is -0.351 e. The van der Waals surface area contributed by atoms with Crippen LogP contribution < -0.4 is 11.1 Å². The third-order valence-electron chi connectivity index (χ3n) is 5.63. The quantitative estimate of drug-likeness (QED) is 0.770. The molecule has 1 aliphatic heterocycles. The van der Waals surface area contributed by atoms with E-state index in [1.54, 1.807) is 0 Å². The van der Waals surface area contributed by atoms with Gasteiger partial charge >= 0.3 is 0 Å². The average Bonchev–Trinajstić information content (AvgIpc) is 2.64. The van der Waals surface area contributed by atoms with Crippen LogP contribution in [0.15, 0.2) is 24.3 Å². The van der Waals surface area contributed by atoms with E-state index < -0.39 is 5.41 Å². The lowest BCUT2D eigenvalue weighted by atomic mass is 9.81. The van der Waals surface area contributed by atoms with Crippen LogP contribution >= 0.6 is 0 Å². The first kappa shape index (κ1) is 18.9. The van der Waals surface area contributed by atoms with Crippen molar-refractivity contribution in [2.24, 2.45) is 11.1 Å². The van der Waals surface area contributed by atoms with Crippen molar-refractivity contribution in [3.63, 3.8) is 0 Å². The molecule has 134 valence electrons. The molecule has 2 rings (SSSR count). The van der Waals surface area contributed by atoms with E-state index in [1.165, 1.54) is 43.5 Å². The van der Waals surface area contributed by atoms with E-state index in [0.29, 0.717) is 13.1 Å². The molecule has 0 saturated carbocycles. The second-order valence-electron chi connectivity index (χ2n) is 6.98. The van der Waals surface area contributed by atoms with Gasteiger partial charge in [-0.2, -0.15) is 0 Å². The minimum atomic E-state index is -0.429. The molecule has 1 aromatic carbocycles. The molecule has 1 aromatic rings. The summed E-state index contributed by atoms with van der Waals surface area (Å²) < 4.78 is 0. The van der Waals surface area contributed by atoms with Crippen molar-refractivity contribution in [3.8, 4) is 0 Å². The summed E-state index contributed by atoms with van der Waals surface area (Å²) >= 11 is 0. The molecule has 0 spiro atoms. The van der Waals surface area contributed by atoms with E-state index in [9.17, 15) is 4.79 Å². The third-order valence-corrected chi connectivity index (χ3v) is 5.63. The van der Waals surface area contributed by atoms with Gasteiger partial charge in [-0.15, -0.1) is 0 Å². The summed E-state index contributed by atoms with van der Waals surface area (Å²) in [6.45, 7) is 8.42. The fraction of sp³-hybridized carbons (Fsp3) is 0.650. The Morgan fingerprint density at radius 3 is 2.33 bits per heavy atom. The highest BCUT2D eigenvalue weighted by atomic mass is 16.2. The third kappa shape index (κ3) is 4.58. The van der Waals surface area contributed by atoms with Crippen LogP contribution in [-0.2, 0) is 17.9 Å². The van der Waals surface area contributed by atoms with E-state index in [-0.39, 0.29) is 5.91 Å². The first-order valence-corrected chi connectivity index (χ1v) is 9.42. The number of benzene rings is 1. The normalized spacial score (nSPS) is 16.1. The van der Waals surface area contributed by atoms with Gasteiger partial charge in [0.1, 0.15) is 0 Å². The molecule has 0 unspecified atom stereocenters. The summed E-state index contributed by atoms with van der Waals surface area (Å²) in [5.74, 6) is 0.0859. The maximum Gasteiger partial charge on any atom is 0.227 e. The van der Waals surface area contributed by atoms with E-state index in [2.05, 4.69) is 34.5 Å². The molecule has 1 heterocycles. The Labute approximate surface area is 146 Å². The van der Waals surface area contributed by atoms with E-state index in [0.717, 1.165) is 19.4 Å². The van der Waals surface area contributed by atoms with Crippen LogP contribution in [0.25, 0.3) is 0 Å². The topological polar surface area (TPSA) is 58.4 Å². The van der Waals surface area contributed by atoms with Crippen molar-refractivity contribution < 1.29 is 4.79 Å². The zero-order valence-electron chi connectivity index (χ0n) is 15.3. The van der Waals surface area contributed by atoms with Crippen molar-refractivity contribution in [1.82, 2.24) is 10.2 Å². The molecular formula is C20H33N3O. The maximum atomic E-state index is 12.6. The van der Waals surface area contributed by atoms with Crippen LogP contribution in [-0.4, -0.2) is 30.4 Å². The van der Waals surface area contributed by atoms with Crippen molar-refractivity contribution in [2.45, 2.75) is 59.0 Å². The van der Waals surface area contributed by atoms with Gasteiger partial charge in [0.05, 0.1) is 5.41 Å². The Hall–Kier alpha value is -1.39. The van der Waals surface area contributed by atoms with Gasteiger partial charge in [0.2, 0.25) is 5.91 Å². The van der Waals surface area contributed by atoms with Gasteiger partial charge in [-0.1, -0.05) is 44.5 Å². The molecule has 24 heavy (non-hydrogen) atoms. The molecule has 1 saturated heterocycles. The summed E-state index contributed by atoms with van der Waals surface area (Å²) in [5.41, 5.74) is 8.00.